The van der Waals surface area contributed by atoms with Gasteiger partial charge in [-0.05, 0) is 37.0 Å². The van der Waals surface area contributed by atoms with E-state index >= 15 is 0 Å². The van der Waals surface area contributed by atoms with Crippen LogP contribution in [0.25, 0.3) is 0 Å². The molecule has 4 heteroatoms. The number of phenolic OH excluding ortho intramolecular Hbond substituents is 1. The summed E-state index contributed by atoms with van der Waals surface area (Å²) in [4.78, 5) is 12.2. The Hall–Kier alpha value is -1.22. The van der Waals surface area contributed by atoms with Gasteiger partial charge in [0.05, 0.1) is 5.56 Å². The molecule has 104 valence electrons. The summed E-state index contributed by atoms with van der Waals surface area (Å²) in [5.41, 5.74) is 0.254. The van der Waals surface area contributed by atoms with Crippen molar-refractivity contribution in [3.05, 3.63) is 28.8 Å². The molecule has 0 saturated heterocycles. The van der Waals surface area contributed by atoms with Crippen LogP contribution >= 0.6 is 11.6 Å². The van der Waals surface area contributed by atoms with Crippen LogP contribution < -0.4 is 5.32 Å². The topological polar surface area (TPSA) is 49.3 Å². The van der Waals surface area contributed by atoms with Crippen LogP contribution in [0.3, 0.4) is 0 Å². The Balaban J connectivity index is 2.09. The summed E-state index contributed by atoms with van der Waals surface area (Å²) >= 11 is 5.87. The largest absolute Gasteiger partial charge is 0.507 e. The molecular formula is C15H20ClNO2. The fourth-order valence-electron chi connectivity index (χ4n) is 2.64. The van der Waals surface area contributed by atoms with E-state index in [9.17, 15) is 9.90 Å². The molecule has 0 spiro atoms. The van der Waals surface area contributed by atoms with E-state index in [4.69, 9.17) is 11.6 Å². The Bertz CT molecular complexity index is 461. The van der Waals surface area contributed by atoms with E-state index < -0.39 is 0 Å². The number of hydrogen-bond acceptors (Lipinski definition) is 2. The fourth-order valence-corrected chi connectivity index (χ4v) is 2.82. The molecule has 2 unspecified atom stereocenters. The van der Waals surface area contributed by atoms with Gasteiger partial charge < -0.3 is 10.4 Å². The van der Waals surface area contributed by atoms with Crippen molar-refractivity contribution in [2.45, 2.75) is 45.1 Å². The third-order valence-electron chi connectivity index (χ3n) is 3.88. The standard InChI is InChI=1S/C15H20ClNO2/c1-10-5-3-2-4-6-13(10)17-15(19)12-9-11(16)7-8-14(12)18/h7-10,13,18H,2-6H2,1H3,(H,17,19). The van der Waals surface area contributed by atoms with Crippen molar-refractivity contribution >= 4 is 17.5 Å². The molecule has 0 bridgehead atoms. The Morgan fingerprint density at radius 3 is 2.84 bits per heavy atom. The van der Waals surface area contributed by atoms with Gasteiger partial charge >= 0.3 is 0 Å². The molecule has 1 aliphatic carbocycles. The van der Waals surface area contributed by atoms with Gasteiger partial charge in [0.2, 0.25) is 0 Å². The zero-order valence-electron chi connectivity index (χ0n) is 11.2. The van der Waals surface area contributed by atoms with Gasteiger partial charge in [0.1, 0.15) is 5.75 Å². The average Bonchev–Trinajstić information content (AvgIpc) is 2.58. The van der Waals surface area contributed by atoms with E-state index in [0.717, 1.165) is 19.3 Å². The molecule has 2 rings (SSSR count). The smallest absolute Gasteiger partial charge is 0.255 e. The molecule has 1 amide bonds. The minimum Gasteiger partial charge on any atom is -0.507 e. The maximum atomic E-state index is 12.2. The van der Waals surface area contributed by atoms with Gasteiger partial charge in [-0.25, -0.2) is 0 Å². The van der Waals surface area contributed by atoms with Crippen LogP contribution in [0.4, 0.5) is 0 Å². The van der Waals surface area contributed by atoms with Gasteiger partial charge in [-0.2, -0.15) is 0 Å². The SMILES string of the molecule is CC1CCCCCC1NC(=O)c1cc(Cl)ccc1O. The molecule has 19 heavy (non-hydrogen) atoms. The number of rotatable bonds is 2. The number of phenols is 1. The van der Waals surface area contributed by atoms with Crippen LogP contribution in [0.15, 0.2) is 18.2 Å². The Labute approximate surface area is 119 Å². The molecule has 3 nitrogen and oxygen atoms in total. The summed E-state index contributed by atoms with van der Waals surface area (Å²) in [5.74, 6) is 0.217. The van der Waals surface area contributed by atoms with Crippen molar-refractivity contribution < 1.29 is 9.90 Å². The first-order valence-electron chi connectivity index (χ1n) is 6.87. The van der Waals surface area contributed by atoms with Gasteiger partial charge in [0.15, 0.2) is 0 Å². The second-order valence-electron chi connectivity index (χ2n) is 5.36. The van der Waals surface area contributed by atoms with E-state index in [2.05, 4.69) is 12.2 Å². The van der Waals surface area contributed by atoms with Crippen molar-refractivity contribution in [1.82, 2.24) is 5.32 Å². The highest BCUT2D eigenvalue weighted by Crippen LogP contribution is 2.25. The maximum absolute atomic E-state index is 12.2. The minimum atomic E-state index is -0.237. The summed E-state index contributed by atoms with van der Waals surface area (Å²) in [6, 6.07) is 4.72. The number of carbonyl (C=O) groups excluding carboxylic acids is 1. The molecule has 2 N–H and O–H groups in total. The third-order valence-corrected chi connectivity index (χ3v) is 4.12. The lowest BCUT2D eigenvalue weighted by molar-refractivity contribution is 0.0919. The Morgan fingerprint density at radius 1 is 1.32 bits per heavy atom. The van der Waals surface area contributed by atoms with Crippen LogP contribution in [0.2, 0.25) is 5.02 Å². The van der Waals surface area contributed by atoms with Crippen LogP contribution in [0, 0.1) is 5.92 Å². The number of aromatic hydroxyl groups is 1. The van der Waals surface area contributed by atoms with E-state index in [1.54, 1.807) is 6.07 Å². The van der Waals surface area contributed by atoms with E-state index in [0.29, 0.717) is 10.9 Å². The lowest BCUT2D eigenvalue weighted by Crippen LogP contribution is -2.38. The number of benzene rings is 1. The lowest BCUT2D eigenvalue weighted by atomic mass is 9.96. The number of hydrogen-bond donors (Lipinski definition) is 2. The van der Waals surface area contributed by atoms with Crippen molar-refractivity contribution in [2.24, 2.45) is 5.92 Å². The lowest BCUT2D eigenvalue weighted by Gasteiger charge is -2.23. The highest BCUT2D eigenvalue weighted by atomic mass is 35.5. The number of carbonyl (C=O) groups is 1. The molecule has 0 radical (unpaired) electrons. The Kier molecular flexibility index (Phi) is 4.70. The van der Waals surface area contributed by atoms with Gasteiger partial charge in [-0.3, -0.25) is 4.79 Å². The molecule has 1 aliphatic rings. The highest BCUT2D eigenvalue weighted by Gasteiger charge is 2.23. The summed E-state index contributed by atoms with van der Waals surface area (Å²) < 4.78 is 0. The first-order valence-corrected chi connectivity index (χ1v) is 7.25. The normalized spacial score (nSPS) is 23.7. The predicted octanol–water partition coefficient (Wildman–Crippen LogP) is 3.74. The van der Waals surface area contributed by atoms with Crippen molar-refractivity contribution in [3.63, 3.8) is 0 Å². The summed E-state index contributed by atoms with van der Waals surface area (Å²) in [5, 5.41) is 13.2. The van der Waals surface area contributed by atoms with E-state index in [-0.39, 0.29) is 23.3 Å². The second kappa shape index (κ2) is 6.29. The summed E-state index contributed by atoms with van der Waals surface area (Å²) in [7, 11) is 0. The van der Waals surface area contributed by atoms with E-state index in [1.165, 1.54) is 25.0 Å². The summed E-state index contributed by atoms with van der Waals surface area (Å²) in [6.45, 7) is 2.17. The molecule has 1 fully saturated rings. The monoisotopic (exact) mass is 281 g/mol. The molecule has 2 atom stereocenters. The van der Waals surface area contributed by atoms with Crippen molar-refractivity contribution in [3.8, 4) is 5.75 Å². The molecule has 0 aromatic heterocycles. The molecule has 1 saturated carbocycles. The zero-order chi connectivity index (χ0) is 13.8. The summed E-state index contributed by atoms with van der Waals surface area (Å²) in [6.07, 6.45) is 5.77. The molecular weight excluding hydrogens is 262 g/mol. The minimum absolute atomic E-state index is 0.0248. The van der Waals surface area contributed by atoms with Crippen molar-refractivity contribution in [2.75, 3.05) is 0 Å². The molecule has 0 aliphatic heterocycles. The van der Waals surface area contributed by atoms with Crippen LogP contribution in [-0.4, -0.2) is 17.1 Å². The highest BCUT2D eigenvalue weighted by molar-refractivity contribution is 6.31. The van der Waals surface area contributed by atoms with Gasteiger partial charge in [-0.15, -0.1) is 0 Å². The zero-order valence-corrected chi connectivity index (χ0v) is 11.9. The fraction of sp³-hybridized carbons (Fsp3) is 0.533. The average molecular weight is 282 g/mol. The van der Waals surface area contributed by atoms with Gasteiger partial charge in [-0.1, -0.05) is 37.8 Å². The van der Waals surface area contributed by atoms with Crippen LogP contribution in [0.1, 0.15) is 49.4 Å². The number of nitrogens with one attached hydrogen (secondary N) is 1. The number of halogens is 1. The molecule has 1 aromatic rings. The number of amides is 1. The van der Waals surface area contributed by atoms with Crippen LogP contribution in [0.5, 0.6) is 5.75 Å². The quantitative estimate of drug-likeness (QED) is 0.811. The first kappa shape index (κ1) is 14.2. The molecule has 0 heterocycles. The third kappa shape index (κ3) is 3.63. The van der Waals surface area contributed by atoms with Crippen LogP contribution in [-0.2, 0) is 0 Å². The first-order chi connectivity index (χ1) is 9.08. The maximum Gasteiger partial charge on any atom is 0.255 e. The Morgan fingerprint density at radius 2 is 2.05 bits per heavy atom. The van der Waals surface area contributed by atoms with Gasteiger partial charge in [0.25, 0.3) is 5.91 Å². The predicted molar refractivity (Wildman–Crippen MR) is 76.6 cm³/mol. The van der Waals surface area contributed by atoms with E-state index in [1.807, 2.05) is 0 Å². The molecule has 1 aromatic carbocycles. The van der Waals surface area contributed by atoms with Gasteiger partial charge in [0, 0.05) is 11.1 Å². The second-order valence-corrected chi connectivity index (χ2v) is 5.79. The van der Waals surface area contributed by atoms with Crippen molar-refractivity contribution in [1.29, 1.82) is 0 Å².